The van der Waals surface area contributed by atoms with Crippen LogP contribution in [-0.4, -0.2) is 35.9 Å². The Morgan fingerprint density at radius 1 is 1.29 bits per heavy atom. The number of nitrogens with one attached hydrogen (secondary N) is 1. The molecular formula is C15H14FN3O4S. The number of aryl methyl sites for hydroxylation is 1. The van der Waals surface area contributed by atoms with Crippen molar-refractivity contribution in [2.45, 2.75) is 6.92 Å². The number of thiazole rings is 1. The second-order valence-electron chi connectivity index (χ2n) is 4.76. The summed E-state index contributed by atoms with van der Waals surface area (Å²) in [5.41, 5.74) is 6.00. The molecule has 0 saturated carbocycles. The van der Waals surface area contributed by atoms with E-state index in [1.165, 1.54) is 12.1 Å². The third-order valence-electron chi connectivity index (χ3n) is 2.87. The predicted octanol–water partition coefficient (Wildman–Crippen LogP) is 1.02. The zero-order chi connectivity index (χ0) is 17.7. The SMILES string of the molecule is Cc1nc(-c2ccc(F)cc2)sc1C(=O)OCC(=O)NCC(N)=O. The average molecular weight is 351 g/mol. The molecule has 1 aromatic heterocycles. The minimum absolute atomic E-state index is 0.247. The van der Waals surface area contributed by atoms with Gasteiger partial charge in [0.1, 0.15) is 15.7 Å². The minimum Gasteiger partial charge on any atom is -0.451 e. The van der Waals surface area contributed by atoms with Crippen molar-refractivity contribution in [1.82, 2.24) is 10.3 Å². The van der Waals surface area contributed by atoms with Crippen LogP contribution in [0.25, 0.3) is 10.6 Å². The monoisotopic (exact) mass is 351 g/mol. The van der Waals surface area contributed by atoms with Crippen LogP contribution in [0.2, 0.25) is 0 Å². The van der Waals surface area contributed by atoms with E-state index in [1.807, 2.05) is 0 Å². The Labute approximate surface area is 140 Å². The molecule has 9 heteroatoms. The maximum absolute atomic E-state index is 12.9. The van der Waals surface area contributed by atoms with E-state index < -0.39 is 24.4 Å². The van der Waals surface area contributed by atoms with E-state index in [1.54, 1.807) is 19.1 Å². The van der Waals surface area contributed by atoms with Crippen molar-refractivity contribution in [3.63, 3.8) is 0 Å². The number of hydrogen-bond donors (Lipinski definition) is 2. The van der Waals surface area contributed by atoms with Gasteiger partial charge >= 0.3 is 5.97 Å². The summed E-state index contributed by atoms with van der Waals surface area (Å²) < 4.78 is 17.8. The first-order valence-electron chi connectivity index (χ1n) is 6.82. The molecule has 0 saturated heterocycles. The zero-order valence-electron chi connectivity index (χ0n) is 12.7. The van der Waals surface area contributed by atoms with Crippen LogP contribution in [0.4, 0.5) is 4.39 Å². The van der Waals surface area contributed by atoms with Gasteiger partial charge in [0, 0.05) is 5.56 Å². The summed E-state index contributed by atoms with van der Waals surface area (Å²) in [6.07, 6.45) is 0. The van der Waals surface area contributed by atoms with E-state index in [-0.39, 0.29) is 17.2 Å². The van der Waals surface area contributed by atoms with Crippen LogP contribution in [0.15, 0.2) is 24.3 Å². The van der Waals surface area contributed by atoms with Crippen LogP contribution < -0.4 is 11.1 Å². The number of amides is 2. The van der Waals surface area contributed by atoms with Crippen molar-refractivity contribution in [1.29, 1.82) is 0 Å². The van der Waals surface area contributed by atoms with Crippen molar-refractivity contribution in [2.24, 2.45) is 5.73 Å². The molecule has 126 valence electrons. The summed E-state index contributed by atoms with van der Waals surface area (Å²) in [6, 6.07) is 5.71. The molecule has 2 amide bonds. The standard InChI is InChI=1S/C15H14FN3O4S/c1-8-13(15(22)23-7-12(21)18-6-11(17)20)24-14(19-8)9-2-4-10(16)5-3-9/h2-5H,6-7H2,1H3,(H2,17,20)(H,18,21). The highest BCUT2D eigenvalue weighted by molar-refractivity contribution is 7.17. The molecule has 0 fully saturated rings. The van der Waals surface area contributed by atoms with Gasteiger partial charge in [-0.15, -0.1) is 11.3 Å². The summed E-state index contributed by atoms with van der Waals surface area (Å²) in [4.78, 5) is 38.4. The van der Waals surface area contributed by atoms with E-state index in [4.69, 9.17) is 10.5 Å². The minimum atomic E-state index is -0.701. The molecule has 0 unspecified atom stereocenters. The lowest BCUT2D eigenvalue weighted by Crippen LogP contribution is -2.35. The Kier molecular flexibility index (Phi) is 5.59. The van der Waals surface area contributed by atoms with Gasteiger partial charge in [-0.3, -0.25) is 9.59 Å². The van der Waals surface area contributed by atoms with Crippen LogP contribution in [0, 0.1) is 12.7 Å². The normalized spacial score (nSPS) is 10.2. The lowest BCUT2D eigenvalue weighted by Gasteiger charge is -2.04. The number of rotatable bonds is 6. The number of esters is 1. The highest BCUT2D eigenvalue weighted by Gasteiger charge is 2.18. The highest BCUT2D eigenvalue weighted by atomic mass is 32.1. The summed E-state index contributed by atoms with van der Waals surface area (Å²) in [7, 11) is 0. The summed E-state index contributed by atoms with van der Waals surface area (Å²) >= 11 is 1.08. The van der Waals surface area contributed by atoms with E-state index >= 15 is 0 Å². The van der Waals surface area contributed by atoms with E-state index in [9.17, 15) is 18.8 Å². The van der Waals surface area contributed by atoms with Crippen molar-refractivity contribution < 1.29 is 23.5 Å². The average Bonchev–Trinajstić information content (AvgIpc) is 2.93. The largest absolute Gasteiger partial charge is 0.451 e. The molecule has 2 rings (SSSR count). The maximum Gasteiger partial charge on any atom is 0.350 e. The number of primary amides is 1. The second-order valence-corrected chi connectivity index (χ2v) is 5.76. The van der Waals surface area contributed by atoms with Crippen LogP contribution >= 0.6 is 11.3 Å². The number of nitrogens with zero attached hydrogens (tertiary/aromatic N) is 1. The van der Waals surface area contributed by atoms with E-state index in [2.05, 4.69) is 10.3 Å². The van der Waals surface area contributed by atoms with Gasteiger partial charge in [0.15, 0.2) is 6.61 Å². The Morgan fingerprint density at radius 2 is 1.96 bits per heavy atom. The highest BCUT2D eigenvalue weighted by Crippen LogP contribution is 2.28. The summed E-state index contributed by atoms with van der Waals surface area (Å²) in [5, 5.41) is 2.74. The summed E-state index contributed by atoms with van der Waals surface area (Å²) in [6.45, 7) is 0.771. The molecule has 0 aliphatic heterocycles. The fourth-order valence-corrected chi connectivity index (χ4v) is 2.70. The number of benzene rings is 1. The van der Waals surface area contributed by atoms with E-state index in [0.717, 1.165) is 11.3 Å². The molecule has 0 atom stereocenters. The Bertz CT molecular complexity index is 774. The maximum atomic E-state index is 12.9. The Morgan fingerprint density at radius 3 is 2.58 bits per heavy atom. The number of aromatic nitrogens is 1. The number of halogens is 1. The second kappa shape index (κ2) is 7.64. The molecule has 0 radical (unpaired) electrons. The van der Waals surface area contributed by atoms with Gasteiger partial charge in [0.05, 0.1) is 12.2 Å². The quantitative estimate of drug-likeness (QED) is 0.755. The third kappa shape index (κ3) is 4.59. The topological polar surface area (TPSA) is 111 Å². The molecular weight excluding hydrogens is 337 g/mol. The van der Waals surface area contributed by atoms with Crippen LogP contribution in [-0.2, 0) is 14.3 Å². The van der Waals surface area contributed by atoms with Crippen molar-refractivity contribution >= 4 is 29.1 Å². The van der Waals surface area contributed by atoms with Crippen molar-refractivity contribution in [2.75, 3.05) is 13.2 Å². The van der Waals surface area contributed by atoms with Gasteiger partial charge in [0.2, 0.25) is 5.91 Å². The molecule has 0 aliphatic carbocycles. The third-order valence-corrected chi connectivity index (χ3v) is 4.05. The van der Waals surface area contributed by atoms with Crippen LogP contribution in [0.3, 0.4) is 0 Å². The Hall–Kier alpha value is -2.81. The molecule has 0 aliphatic rings. The fraction of sp³-hybridized carbons (Fsp3) is 0.200. The van der Waals surface area contributed by atoms with Gasteiger partial charge in [-0.05, 0) is 31.2 Å². The van der Waals surface area contributed by atoms with Crippen molar-refractivity contribution in [3.05, 3.63) is 40.7 Å². The molecule has 24 heavy (non-hydrogen) atoms. The molecule has 3 N–H and O–H groups in total. The van der Waals surface area contributed by atoms with E-state index in [0.29, 0.717) is 16.3 Å². The van der Waals surface area contributed by atoms with Gasteiger partial charge in [-0.2, -0.15) is 0 Å². The fourth-order valence-electron chi connectivity index (χ4n) is 1.74. The molecule has 0 bridgehead atoms. The number of ether oxygens (including phenoxy) is 1. The number of nitrogens with two attached hydrogens (primary N) is 1. The van der Waals surface area contributed by atoms with Gasteiger partial charge in [0.25, 0.3) is 5.91 Å². The van der Waals surface area contributed by atoms with Crippen molar-refractivity contribution in [3.8, 4) is 10.6 Å². The zero-order valence-corrected chi connectivity index (χ0v) is 13.5. The lowest BCUT2D eigenvalue weighted by molar-refractivity contribution is -0.127. The number of hydrogen-bond acceptors (Lipinski definition) is 6. The molecule has 7 nitrogen and oxygen atoms in total. The predicted molar refractivity (Wildman–Crippen MR) is 84.7 cm³/mol. The first kappa shape index (κ1) is 17.5. The van der Waals surface area contributed by atoms with Gasteiger partial charge in [-0.25, -0.2) is 14.2 Å². The lowest BCUT2D eigenvalue weighted by atomic mass is 10.2. The first-order valence-corrected chi connectivity index (χ1v) is 7.64. The molecule has 1 aromatic carbocycles. The first-order chi connectivity index (χ1) is 11.4. The number of carbonyl (C=O) groups is 3. The molecule has 2 aromatic rings. The number of carbonyl (C=O) groups excluding carboxylic acids is 3. The van der Waals surface area contributed by atoms with Crippen LogP contribution in [0.1, 0.15) is 15.4 Å². The van der Waals surface area contributed by atoms with Gasteiger partial charge < -0.3 is 15.8 Å². The Balaban J connectivity index is 2.01. The molecule has 1 heterocycles. The smallest absolute Gasteiger partial charge is 0.350 e. The van der Waals surface area contributed by atoms with Crippen LogP contribution in [0.5, 0.6) is 0 Å². The molecule has 0 spiro atoms. The van der Waals surface area contributed by atoms with Gasteiger partial charge in [-0.1, -0.05) is 0 Å². The summed E-state index contributed by atoms with van der Waals surface area (Å²) in [5.74, 6) is -2.40.